The van der Waals surface area contributed by atoms with Gasteiger partial charge in [0.25, 0.3) is 6.43 Å². The predicted molar refractivity (Wildman–Crippen MR) is 27.3 cm³/mol. The fraction of sp³-hybridized carbons (Fsp3) is 0.500. The van der Waals surface area contributed by atoms with E-state index in [1.807, 2.05) is 0 Å². The van der Waals surface area contributed by atoms with Gasteiger partial charge in [-0.3, -0.25) is 0 Å². The first-order chi connectivity index (χ1) is 3.77. The van der Waals surface area contributed by atoms with Crippen molar-refractivity contribution in [3.8, 4) is 0 Å². The largest absolute Gasteiger partial charge is 0.403 e. The van der Waals surface area contributed by atoms with E-state index in [1.54, 1.807) is 0 Å². The molecule has 8 heavy (non-hydrogen) atoms. The molecule has 0 aromatic carbocycles. The molecule has 0 aromatic heterocycles. The Morgan fingerprint density at radius 3 is 2.62 bits per heavy atom. The van der Waals surface area contributed by atoms with E-state index in [1.165, 1.54) is 12.4 Å². The highest BCUT2D eigenvalue weighted by Gasteiger charge is 1.96. The molecule has 3 N–H and O–H groups in total. The van der Waals surface area contributed by atoms with Crippen molar-refractivity contribution >= 4 is 0 Å². The van der Waals surface area contributed by atoms with Crippen LogP contribution in [0.25, 0.3) is 0 Å². The quantitative estimate of drug-likeness (QED) is 0.564. The molecule has 0 aromatic rings. The molecule has 0 radical (unpaired) electrons. The minimum atomic E-state index is -2.31. The first kappa shape index (κ1) is 7.20. The minimum Gasteiger partial charge on any atom is -0.403 e. The van der Waals surface area contributed by atoms with E-state index in [4.69, 9.17) is 5.73 Å². The lowest BCUT2D eigenvalue weighted by Crippen LogP contribution is -2.15. The number of hydrogen-bond donors (Lipinski definition) is 2. The van der Waals surface area contributed by atoms with Gasteiger partial charge in [-0.1, -0.05) is 0 Å². The molecule has 0 spiro atoms. The van der Waals surface area contributed by atoms with Crippen LogP contribution in [0.4, 0.5) is 8.78 Å². The van der Waals surface area contributed by atoms with Gasteiger partial charge < -0.3 is 11.1 Å². The number of hydrogen-bond acceptors (Lipinski definition) is 2. The van der Waals surface area contributed by atoms with Gasteiger partial charge >= 0.3 is 0 Å². The Balaban J connectivity index is 2.93. The summed E-state index contributed by atoms with van der Waals surface area (Å²) in [5.74, 6) is 0. The maximum absolute atomic E-state index is 11.2. The zero-order chi connectivity index (χ0) is 6.41. The first-order valence-corrected chi connectivity index (χ1v) is 2.15. The second-order valence-electron chi connectivity index (χ2n) is 1.16. The SMILES string of the molecule is N/C=C/NCC(F)F. The normalized spacial score (nSPS) is 10.9. The van der Waals surface area contributed by atoms with Crippen molar-refractivity contribution in [3.05, 3.63) is 12.4 Å². The van der Waals surface area contributed by atoms with Crippen LogP contribution in [0.5, 0.6) is 0 Å². The third-order valence-corrected chi connectivity index (χ3v) is 0.486. The fourth-order valence-corrected chi connectivity index (χ4v) is 0.225. The molecule has 0 aliphatic heterocycles. The molecule has 2 nitrogen and oxygen atoms in total. The molecule has 0 heterocycles. The van der Waals surface area contributed by atoms with Gasteiger partial charge in [0.1, 0.15) is 0 Å². The summed E-state index contributed by atoms with van der Waals surface area (Å²) in [6.45, 7) is -0.340. The molecular weight excluding hydrogens is 114 g/mol. The first-order valence-electron chi connectivity index (χ1n) is 2.15. The van der Waals surface area contributed by atoms with E-state index >= 15 is 0 Å². The van der Waals surface area contributed by atoms with Crippen LogP contribution < -0.4 is 11.1 Å². The lowest BCUT2D eigenvalue weighted by atomic mass is 10.7. The van der Waals surface area contributed by atoms with Crippen LogP contribution in [0, 0.1) is 0 Å². The number of halogens is 2. The Morgan fingerprint density at radius 2 is 2.25 bits per heavy atom. The average molecular weight is 122 g/mol. The molecule has 0 saturated carbocycles. The van der Waals surface area contributed by atoms with E-state index in [2.05, 4.69) is 5.32 Å². The molecule has 0 aliphatic rings. The number of rotatable bonds is 3. The molecule has 4 heteroatoms. The maximum atomic E-state index is 11.2. The van der Waals surface area contributed by atoms with Crippen LogP contribution in [0.2, 0.25) is 0 Å². The van der Waals surface area contributed by atoms with Crippen LogP contribution in [0.15, 0.2) is 12.4 Å². The summed E-state index contributed by atoms with van der Waals surface area (Å²) in [6.07, 6.45) is 0.125. The highest BCUT2D eigenvalue weighted by Crippen LogP contribution is 1.86. The zero-order valence-corrected chi connectivity index (χ0v) is 4.27. The van der Waals surface area contributed by atoms with Gasteiger partial charge in [-0.15, -0.1) is 0 Å². The molecule has 0 fully saturated rings. The lowest BCUT2D eigenvalue weighted by Gasteiger charge is -1.95. The van der Waals surface area contributed by atoms with Crippen molar-refractivity contribution in [2.24, 2.45) is 5.73 Å². The van der Waals surface area contributed by atoms with Gasteiger partial charge in [0, 0.05) is 12.4 Å². The minimum absolute atomic E-state index is 0.340. The van der Waals surface area contributed by atoms with Crippen LogP contribution >= 0.6 is 0 Å². The van der Waals surface area contributed by atoms with Crippen molar-refractivity contribution in [1.29, 1.82) is 0 Å². The molecule has 0 atom stereocenters. The third kappa shape index (κ3) is 5.20. The summed E-state index contributed by atoms with van der Waals surface area (Å²) in [5.41, 5.74) is 4.83. The number of alkyl halides is 2. The molecule has 0 aliphatic carbocycles. The van der Waals surface area contributed by atoms with Crippen LogP contribution in [0.3, 0.4) is 0 Å². The van der Waals surface area contributed by atoms with Gasteiger partial charge in [-0.25, -0.2) is 8.78 Å². The second-order valence-corrected chi connectivity index (χ2v) is 1.16. The van der Waals surface area contributed by atoms with Crippen molar-refractivity contribution in [3.63, 3.8) is 0 Å². The van der Waals surface area contributed by atoms with Gasteiger partial charge in [0.15, 0.2) is 0 Å². The fourth-order valence-electron chi connectivity index (χ4n) is 0.225. The van der Waals surface area contributed by atoms with Crippen molar-refractivity contribution in [2.75, 3.05) is 6.54 Å². The van der Waals surface area contributed by atoms with Crippen molar-refractivity contribution < 1.29 is 8.78 Å². The van der Waals surface area contributed by atoms with E-state index in [0.29, 0.717) is 0 Å². The topological polar surface area (TPSA) is 38.0 Å². The second kappa shape index (κ2) is 4.36. The van der Waals surface area contributed by atoms with Gasteiger partial charge in [-0.05, 0) is 0 Å². The standard InChI is InChI=1S/C4H8F2N2/c5-4(6)3-8-2-1-7/h1-2,4,8H,3,7H2/b2-1+. The third-order valence-electron chi connectivity index (χ3n) is 0.486. The summed E-state index contributed by atoms with van der Waals surface area (Å²) in [6, 6.07) is 0. The summed E-state index contributed by atoms with van der Waals surface area (Å²) >= 11 is 0. The highest BCUT2D eigenvalue weighted by atomic mass is 19.3. The monoisotopic (exact) mass is 122 g/mol. The Kier molecular flexibility index (Phi) is 3.93. The van der Waals surface area contributed by atoms with Crippen molar-refractivity contribution in [2.45, 2.75) is 6.43 Å². The van der Waals surface area contributed by atoms with Gasteiger partial charge in [0.2, 0.25) is 0 Å². The van der Waals surface area contributed by atoms with E-state index in [-0.39, 0.29) is 6.54 Å². The summed E-state index contributed by atoms with van der Waals surface area (Å²) < 4.78 is 22.4. The highest BCUT2D eigenvalue weighted by molar-refractivity contribution is 4.72. The zero-order valence-electron chi connectivity index (χ0n) is 4.27. The van der Waals surface area contributed by atoms with E-state index in [9.17, 15) is 8.78 Å². The number of nitrogens with two attached hydrogens (primary N) is 1. The van der Waals surface area contributed by atoms with Crippen LogP contribution in [-0.4, -0.2) is 13.0 Å². The molecule has 0 saturated heterocycles. The predicted octanol–water partition coefficient (Wildman–Crippen LogP) is 0.271. The van der Waals surface area contributed by atoms with Crippen molar-refractivity contribution in [1.82, 2.24) is 5.32 Å². The number of nitrogens with one attached hydrogen (secondary N) is 1. The Morgan fingerprint density at radius 1 is 1.62 bits per heavy atom. The van der Waals surface area contributed by atoms with Crippen LogP contribution in [-0.2, 0) is 0 Å². The Hall–Kier alpha value is -0.800. The van der Waals surface area contributed by atoms with Gasteiger partial charge in [-0.2, -0.15) is 0 Å². The lowest BCUT2D eigenvalue weighted by molar-refractivity contribution is 0.150. The van der Waals surface area contributed by atoms with Crippen LogP contribution in [0.1, 0.15) is 0 Å². The Labute approximate surface area is 46.4 Å². The average Bonchev–Trinajstić information content (AvgIpc) is 1.66. The van der Waals surface area contributed by atoms with Gasteiger partial charge in [0.05, 0.1) is 6.54 Å². The molecule has 0 rings (SSSR count). The molecule has 0 amide bonds. The summed E-state index contributed by atoms with van der Waals surface area (Å²) in [5, 5.41) is 2.28. The molecule has 0 bridgehead atoms. The summed E-state index contributed by atoms with van der Waals surface area (Å²) in [4.78, 5) is 0. The molecule has 48 valence electrons. The van der Waals surface area contributed by atoms with E-state index < -0.39 is 6.43 Å². The Bertz CT molecular complexity index is 72.4. The molecule has 0 unspecified atom stereocenters. The maximum Gasteiger partial charge on any atom is 0.255 e. The molecular formula is C4H8F2N2. The smallest absolute Gasteiger partial charge is 0.255 e. The summed E-state index contributed by atoms with van der Waals surface area (Å²) in [7, 11) is 0. The van der Waals surface area contributed by atoms with E-state index in [0.717, 1.165) is 0 Å².